The molecule has 158 valence electrons. The molecule has 0 bridgehead atoms. The smallest absolute Gasteiger partial charge is 0.161 e. The maximum atomic E-state index is 5.94. The van der Waals surface area contributed by atoms with Crippen LogP contribution in [0.15, 0.2) is 35.7 Å². The van der Waals surface area contributed by atoms with Gasteiger partial charge in [0, 0.05) is 37.6 Å². The van der Waals surface area contributed by atoms with E-state index in [-0.39, 0.29) is 24.8 Å². The van der Waals surface area contributed by atoms with Crippen LogP contribution in [0.2, 0.25) is 0 Å². The van der Waals surface area contributed by atoms with Gasteiger partial charge in [-0.15, -0.1) is 36.2 Å². The maximum absolute atomic E-state index is 5.94. The first kappa shape index (κ1) is 25.0. The molecule has 1 aromatic carbocycles. The average Bonchev–Trinajstić information content (AvgIpc) is 3.19. The number of halogens is 2. The molecule has 0 spiro atoms. The molecule has 2 heterocycles. The zero-order valence-corrected chi connectivity index (χ0v) is 18.7. The van der Waals surface area contributed by atoms with Crippen molar-refractivity contribution in [1.29, 1.82) is 0 Å². The van der Waals surface area contributed by atoms with Crippen molar-refractivity contribution in [2.24, 2.45) is 0 Å². The highest BCUT2D eigenvalue weighted by molar-refractivity contribution is 7.09. The molecule has 0 atom stereocenters. The van der Waals surface area contributed by atoms with Crippen LogP contribution in [-0.4, -0.2) is 50.9 Å². The first-order valence-electron chi connectivity index (χ1n) is 9.27. The van der Waals surface area contributed by atoms with Crippen LogP contribution in [-0.2, 0) is 17.9 Å². The standard InChI is InChI=1S/C20H28N2O3S.2ClH/c1-2-24-20-14-17(15-21-7-8-22-9-11-23-12-10-22)5-6-19(20)25-16-18-4-3-13-26-18;;/h3-6,13-14,21H,2,7-12,15-16H2,1H3;2*1H. The lowest BCUT2D eigenvalue weighted by Gasteiger charge is -2.26. The molecular weight excluding hydrogens is 419 g/mol. The second-order valence-electron chi connectivity index (χ2n) is 6.21. The van der Waals surface area contributed by atoms with Crippen molar-refractivity contribution in [2.45, 2.75) is 20.1 Å². The molecule has 1 fully saturated rings. The van der Waals surface area contributed by atoms with Gasteiger partial charge in [-0.05, 0) is 36.1 Å². The summed E-state index contributed by atoms with van der Waals surface area (Å²) in [5.74, 6) is 1.62. The average molecular weight is 449 g/mol. The molecule has 1 saturated heterocycles. The third kappa shape index (κ3) is 8.15. The molecule has 0 unspecified atom stereocenters. The number of benzene rings is 1. The van der Waals surface area contributed by atoms with E-state index >= 15 is 0 Å². The van der Waals surface area contributed by atoms with E-state index < -0.39 is 0 Å². The van der Waals surface area contributed by atoms with Crippen LogP contribution in [0.1, 0.15) is 17.4 Å². The van der Waals surface area contributed by atoms with Gasteiger partial charge in [-0.2, -0.15) is 0 Å². The van der Waals surface area contributed by atoms with Crippen LogP contribution >= 0.6 is 36.2 Å². The highest BCUT2D eigenvalue weighted by atomic mass is 35.5. The minimum absolute atomic E-state index is 0. The summed E-state index contributed by atoms with van der Waals surface area (Å²) in [6, 6.07) is 10.3. The fourth-order valence-corrected chi connectivity index (χ4v) is 3.50. The van der Waals surface area contributed by atoms with Crippen molar-refractivity contribution < 1.29 is 14.2 Å². The molecule has 1 N–H and O–H groups in total. The summed E-state index contributed by atoms with van der Waals surface area (Å²) in [5.41, 5.74) is 1.21. The Morgan fingerprint density at radius 3 is 2.64 bits per heavy atom. The number of nitrogens with zero attached hydrogens (tertiary/aromatic N) is 1. The van der Waals surface area contributed by atoms with Gasteiger partial charge in [0.25, 0.3) is 0 Å². The quantitative estimate of drug-likeness (QED) is 0.556. The molecule has 0 radical (unpaired) electrons. The number of ether oxygens (including phenoxy) is 3. The number of morpholine rings is 1. The molecule has 28 heavy (non-hydrogen) atoms. The van der Waals surface area contributed by atoms with E-state index in [9.17, 15) is 0 Å². The number of hydrogen-bond donors (Lipinski definition) is 1. The van der Waals surface area contributed by atoms with E-state index in [4.69, 9.17) is 14.2 Å². The van der Waals surface area contributed by atoms with Gasteiger partial charge in [0.05, 0.1) is 19.8 Å². The molecule has 3 rings (SSSR count). The molecule has 8 heteroatoms. The lowest BCUT2D eigenvalue weighted by molar-refractivity contribution is 0.0384. The van der Waals surface area contributed by atoms with Crippen LogP contribution in [0.25, 0.3) is 0 Å². The van der Waals surface area contributed by atoms with Gasteiger partial charge in [0.15, 0.2) is 11.5 Å². The van der Waals surface area contributed by atoms with Crippen LogP contribution < -0.4 is 14.8 Å². The molecule has 0 saturated carbocycles. The summed E-state index contributed by atoms with van der Waals surface area (Å²) >= 11 is 1.70. The number of thiophene rings is 1. The normalized spacial score (nSPS) is 14.0. The Morgan fingerprint density at radius 2 is 1.93 bits per heavy atom. The summed E-state index contributed by atoms with van der Waals surface area (Å²) < 4.78 is 17.1. The van der Waals surface area contributed by atoms with Crippen molar-refractivity contribution in [2.75, 3.05) is 46.0 Å². The van der Waals surface area contributed by atoms with Gasteiger partial charge < -0.3 is 19.5 Å². The second kappa shape index (κ2) is 14.0. The fraction of sp³-hybridized carbons (Fsp3) is 0.500. The van der Waals surface area contributed by atoms with Crippen LogP contribution in [0.5, 0.6) is 11.5 Å². The minimum atomic E-state index is 0. The van der Waals surface area contributed by atoms with Crippen LogP contribution in [0.4, 0.5) is 0 Å². The molecule has 1 aliphatic heterocycles. The predicted octanol–water partition coefficient (Wildman–Crippen LogP) is 3.99. The zero-order chi connectivity index (χ0) is 18.0. The Bertz CT molecular complexity index is 653. The van der Waals surface area contributed by atoms with Gasteiger partial charge in [-0.1, -0.05) is 12.1 Å². The van der Waals surface area contributed by atoms with E-state index in [1.165, 1.54) is 10.4 Å². The zero-order valence-electron chi connectivity index (χ0n) is 16.2. The van der Waals surface area contributed by atoms with Gasteiger partial charge in [0.1, 0.15) is 6.61 Å². The fourth-order valence-electron chi connectivity index (χ4n) is 2.89. The highest BCUT2D eigenvalue weighted by Gasteiger charge is 2.10. The number of hydrogen-bond acceptors (Lipinski definition) is 6. The lowest BCUT2D eigenvalue weighted by Crippen LogP contribution is -2.40. The summed E-state index contributed by atoms with van der Waals surface area (Å²) in [4.78, 5) is 3.64. The van der Waals surface area contributed by atoms with Crippen LogP contribution in [0.3, 0.4) is 0 Å². The first-order chi connectivity index (χ1) is 12.8. The topological polar surface area (TPSA) is 43.0 Å². The number of rotatable bonds is 10. The lowest BCUT2D eigenvalue weighted by atomic mass is 10.2. The molecule has 1 aliphatic rings. The summed E-state index contributed by atoms with van der Waals surface area (Å²) in [7, 11) is 0. The third-order valence-electron chi connectivity index (χ3n) is 4.30. The van der Waals surface area contributed by atoms with E-state index in [0.717, 1.165) is 57.4 Å². The molecule has 2 aromatic rings. The SMILES string of the molecule is CCOc1cc(CNCCN2CCOCC2)ccc1OCc1cccs1.Cl.Cl. The molecule has 0 aliphatic carbocycles. The van der Waals surface area contributed by atoms with Crippen LogP contribution in [0, 0.1) is 0 Å². The van der Waals surface area contributed by atoms with Gasteiger partial charge in [-0.3, -0.25) is 4.90 Å². The Kier molecular flexibility index (Phi) is 12.5. The van der Waals surface area contributed by atoms with E-state index in [1.807, 2.05) is 19.1 Å². The molecular formula is C20H30Cl2N2O3S. The Hall–Kier alpha value is -1.02. The van der Waals surface area contributed by atoms with Gasteiger partial charge >= 0.3 is 0 Å². The van der Waals surface area contributed by atoms with E-state index in [2.05, 4.69) is 33.8 Å². The first-order valence-corrected chi connectivity index (χ1v) is 10.1. The van der Waals surface area contributed by atoms with Crippen molar-refractivity contribution in [3.05, 3.63) is 46.2 Å². The Labute approximate surface area is 184 Å². The van der Waals surface area contributed by atoms with Gasteiger partial charge in [0.2, 0.25) is 0 Å². The molecule has 0 amide bonds. The van der Waals surface area contributed by atoms with Crippen molar-refractivity contribution in [3.63, 3.8) is 0 Å². The maximum Gasteiger partial charge on any atom is 0.161 e. The van der Waals surface area contributed by atoms with Crippen molar-refractivity contribution in [1.82, 2.24) is 10.2 Å². The summed E-state index contributed by atoms with van der Waals surface area (Å²) in [6.07, 6.45) is 0. The largest absolute Gasteiger partial charge is 0.490 e. The van der Waals surface area contributed by atoms with E-state index in [0.29, 0.717) is 13.2 Å². The summed E-state index contributed by atoms with van der Waals surface area (Å²) in [6.45, 7) is 9.84. The Morgan fingerprint density at radius 1 is 1.11 bits per heavy atom. The highest BCUT2D eigenvalue weighted by Crippen LogP contribution is 2.29. The van der Waals surface area contributed by atoms with Crippen molar-refractivity contribution in [3.8, 4) is 11.5 Å². The molecule has 5 nitrogen and oxygen atoms in total. The third-order valence-corrected chi connectivity index (χ3v) is 5.15. The minimum Gasteiger partial charge on any atom is -0.490 e. The number of nitrogens with one attached hydrogen (secondary N) is 1. The monoisotopic (exact) mass is 448 g/mol. The van der Waals surface area contributed by atoms with E-state index in [1.54, 1.807) is 11.3 Å². The molecule has 1 aromatic heterocycles. The second-order valence-corrected chi connectivity index (χ2v) is 7.25. The van der Waals surface area contributed by atoms with Gasteiger partial charge in [-0.25, -0.2) is 0 Å². The van der Waals surface area contributed by atoms with Crippen molar-refractivity contribution >= 4 is 36.2 Å². The summed E-state index contributed by atoms with van der Waals surface area (Å²) in [5, 5.41) is 5.58. The predicted molar refractivity (Wildman–Crippen MR) is 120 cm³/mol. The Balaban J connectivity index is 0.00000196.